The highest BCUT2D eigenvalue weighted by Gasteiger charge is 2.87. The molecular weight excluding hydrogens is 368 g/mol. The summed E-state index contributed by atoms with van der Waals surface area (Å²) in [6, 6.07) is 0. The van der Waals surface area contributed by atoms with E-state index in [0.717, 1.165) is 0 Å². The van der Waals surface area contributed by atoms with Gasteiger partial charge in [0.1, 0.15) is 0 Å². The first-order chi connectivity index (χ1) is 9.31. The highest BCUT2D eigenvalue weighted by Crippen LogP contribution is 2.60. The zero-order valence-corrected chi connectivity index (χ0v) is 11.3. The molecule has 0 aromatic heterocycles. The van der Waals surface area contributed by atoms with Gasteiger partial charge in [-0.3, -0.25) is 0 Å². The van der Waals surface area contributed by atoms with E-state index in [1.807, 2.05) is 0 Å². The van der Waals surface area contributed by atoms with E-state index in [-0.39, 0.29) is 0 Å². The van der Waals surface area contributed by atoms with Crippen LogP contribution in [0.5, 0.6) is 0 Å². The Morgan fingerprint density at radius 1 is 0.636 bits per heavy atom. The molecule has 0 rings (SSSR count). The zero-order valence-electron chi connectivity index (χ0n) is 10.4. The Bertz CT molecular complexity index is 396. The van der Waals surface area contributed by atoms with Gasteiger partial charge in [-0.05, 0) is 12.7 Å². The molecule has 0 fully saturated rings. The Hall–Kier alpha value is -0.490. The van der Waals surface area contributed by atoms with Crippen LogP contribution in [0.4, 0.5) is 52.7 Å². The fraction of sp³-hybridized carbons (Fsp3) is 1.00. The van der Waals surface area contributed by atoms with Gasteiger partial charge in [-0.1, -0.05) is 0 Å². The molecule has 0 bridgehead atoms. The van der Waals surface area contributed by atoms with Gasteiger partial charge >= 0.3 is 29.9 Å². The molecule has 0 nitrogen and oxygen atoms in total. The van der Waals surface area contributed by atoms with Crippen LogP contribution in [0.15, 0.2) is 0 Å². The minimum Gasteiger partial charge on any atom is -0.227 e. The molecule has 0 N–H and O–H groups in total. The fourth-order valence-corrected chi connectivity index (χ4v) is 1.48. The van der Waals surface area contributed by atoms with E-state index < -0.39 is 54.6 Å². The molecule has 0 aliphatic heterocycles. The Labute approximate surface area is 121 Å². The molecule has 0 amide bonds. The van der Waals surface area contributed by atoms with Crippen molar-refractivity contribution in [2.24, 2.45) is 0 Å². The van der Waals surface area contributed by atoms with Crippen molar-refractivity contribution in [1.29, 1.82) is 0 Å². The van der Waals surface area contributed by atoms with Crippen LogP contribution in [0.3, 0.4) is 0 Å². The summed E-state index contributed by atoms with van der Waals surface area (Å²) in [5.74, 6) is -28.5. The molecule has 13 heteroatoms. The van der Waals surface area contributed by atoms with Crippen LogP contribution in [-0.4, -0.2) is 41.3 Å². The average Bonchev–Trinajstić information content (AvgIpc) is 2.26. The van der Waals surface area contributed by atoms with E-state index in [9.17, 15) is 52.7 Å². The maximum Gasteiger partial charge on any atom is 0.428 e. The molecule has 22 heavy (non-hydrogen) atoms. The third kappa shape index (κ3) is 2.84. The summed E-state index contributed by atoms with van der Waals surface area (Å²) in [7, 11) is 0. The standard InChI is InChI=1S/C9H8F12S/c1-4(10,9(19,20)21)6(13,14)8(17,18)7(15,16)5(11,12)2-3-22/h22H,2-3H2,1H3. The predicted octanol–water partition coefficient (Wildman–Crippen LogP) is 5.14. The van der Waals surface area contributed by atoms with Crippen molar-refractivity contribution in [3.8, 4) is 0 Å². The maximum atomic E-state index is 13.1. The topological polar surface area (TPSA) is 0 Å². The van der Waals surface area contributed by atoms with Crippen molar-refractivity contribution in [3.63, 3.8) is 0 Å². The quantitative estimate of drug-likeness (QED) is 0.482. The number of rotatable bonds is 6. The fourth-order valence-electron chi connectivity index (χ4n) is 1.20. The second-order valence-electron chi connectivity index (χ2n) is 4.40. The van der Waals surface area contributed by atoms with Gasteiger partial charge in [-0.25, -0.2) is 4.39 Å². The van der Waals surface area contributed by atoms with Crippen molar-refractivity contribution >= 4 is 12.6 Å². The first kappa shape index (κ1) is 21.5. The minimum atomic E-state index is -7.33. The Morgan fingerprint density at radius 3 is 1.27 bits per heavy atom. The Balaban J connectivity index is 6.11. The molecule has 0 saturated heterocycles. The molecule has 1 unspecified atom stereocenters. The lowest BCUT2D eigenvalue weighted by atomic mass is 9.87. The second kappa shape index (κ2) is 5.55. The number of alkyl halides is 12. The summed E-state index contributed by atoms with van der Waals surface area (Å²) in [5.41, 5.74) is -6.18. The number of thiol groups is 1. The van der Waals surface area contributed by atoms with E-state index >= 15 is 0 Å². The van der Waals surface area contributed by atoms with E-state index in [1.54, 1.807) is 0 Å². The van der Waals surface area contributed by atoms with Gasteiger partial charge in [-0.15, -0.1) is 0 Å². The monoisotopic (exact) mass is 376 g/mol. The molecule has 134 valence electrons. The second-order valence-corrected chi connectivity index (χ2v) is 4.85. The molecule has 0 aromatic carbocycles. The summed E-state index contributed by atoms with van der Waals surface area (Å²) in [5, 5.41) is 0. The van der Waals surface area contributed by atoms with Gasteiger partial charge in [0.05, 0.1) is 0 Å². The van der Waals surface area contributed by atoms with Gasteiger partial charge < -0.3 is 0 Å². The van der Waals surface area contributed by atoms with Crippen LogP contribution in [-0.2, 0) is 0 Å². The van der Waals surface area contributed by atoms with Crippen LogP contribution in [0.25, 0.3) is 0 Å². The van der Waals surface area contributed by atoms with Crippen molar-refractivity contribution in [3.05, 3.63) is 0 Å². The first-order valence-corrected chi connectivity index (χ1v) is 5.82. The minimum absolute atomic E-state index is 1.15. The van der Waals surface area contributed by atoms with Gasteiger partial charge in [0.2, 0.25) is 0 Å². The molecule has 0 saturated carbocycles. The number of hydrogen-bond donors (Lipinski definition) is 1. The van der Waals surface area contributed by atoms with Gasteiger partial charge in [0, 0.05) is 6.42 Å². The highest BCUT2D eigenvalue weighted by molar-refractivity contribution is 7.80. The summed E-state index contributed by atoms with van der Waals surface area (Å²) in [6.07, 6.45) is -8.86. The summed E-state index contributed by atoms with van der Waals surface area (Å²) >= 11 is 3.02. The summed E-state index contributed by atoms with van der Waals surface area (Å²) in [4.78, 5) is 0. The smallest absolute Gasteiger partial charge is 0.227 e. The van der Waals surface area contributed by atoms with Crippen LogP contribution in [0.2, 0.25) is 0 Å². The molecule has 0 aliphatic rings. The summed E-state index contributed by atoms with van der Waals surface area (Å²) < 4.78 is 153. The summed E-state index contributed by atoms with van der Waals surface area (Å²) in [6.45, 7) is -1.15. The average molecular weight is 376 g/mol. The molecule has 0 radical (unpaired) electrons. The van der Waals surface area contributed by atoms with E-state index in [1.165, 1.54) is 0 Å². The third-order valence-electron chi connectivity index (χ3n) is 2.80. The molecule has 0 aliphatic carbocycles. The van der Waals surface area contributed by atoms with Crippen LogP contribution in [0, 0.1) is 0 Å². The van der Waals surface area contributed by atoms with E-state index in [0.29, 0.717) is 0 Å². The Kier molecular flexibility index (Phi) is 5.43. The Morgan fingerprint density at radius 2 is 1.00 bits per heavy atom. The largest absolute Gasteiger partial charge is 0.428 e. The highest BCUT2D eigenvalue weighted by atomic mass is 32.1. The SMILES string of the molecule is CC(F)(C(F)(F)F)C(F)(F)C(F)(F)C(F)(F)C(F)(F)CCS. The lowest BCUT2D eigenvalue weighted by molar-refractivity contribution is -0.412. The maximum absolute atomic E-state index is 13.1. The van der Waals surface area contributed by atoms with Gasteiger partial charge in [-0.2, -0.15) is 60.9 Å². The molecule has 0 spiro atoms. The van der Waals surface area contributed by atoms with E-state index in [4.69, 9.17) is 0 Å². The van der Waals surface area contributed by atoms with Crippen molar-refractivity contribution < 1.29 is 52.7 Å². The normalized spacial score (nSPS) is 18.3. The molecule has 1 atom stereocenters. The molecule has 0 heterocycles. The van der Waals surface area contributed by atoms with E-state index in [2.05, 4.69) is 12.6 Å². The van der Waals surface area contributed by atoms with Crippen LogP contribution >= 0.6 is 12.6 Å². The molecule has 0 aromatic rings. The van der Waals surface area contributed by atoms with Crippen LogP contribution < -0.4 is 0 Å². The van der Waals surface area contributed by atoms with Gasteiger partial charge in [0.15, 0.2) is 0 Å². The lowest BCUT2D eigenvalue weighted by Crippen LogP contribution is -2.70. The third-order valence-corrected chi connectivity index (χ3v) is 3.02. The lowest BCUT2D eigenvalue weighted by Gasteiger charge is -2.41. The number of hydrogen-bond acceptors (Lipinski definition) is 1. The van der Waals surface area contributed by atoms with Crippen LogP contribution in [0.1, 0.15) is 13.3 Å². The predicted molar refractivity (Wildman–Crippen MR) is 53.8 cm³/mol. The number of halogens is 12. The van der Waals surface area contributed by atoms with Crippen molar-refractivity contribution in [2.75, 3.05) is 5.75 Å². The molecular formula is C9H8F12S. The zero-order chi connectivity index (χ0) is 18.4. The van der Waals surface area contributed by atoms with Crippen molar-refractivity contribution in [1.82, 2.24) is 0 Å². The van der Waals surface area contributed by atoms with Gasteiger partial charge in [0.25, 0.3) is 5.67 Å². The van der Waals surface area contributed by atoms with Crippen molar-refractivity contribution in [2.45, 2.75) is 48.9 Å². The first-order valence-electron chi connectivity index (χ1n) is 5.19.